The molecule has 0 saturated carbocycles. The van der Waals surface area contributed by atoms with Gasteiger partial charge in [0.15, 0.2) is 0 Å². The number of pyridine rings is 1. The molecule has 0 saturated heterocycles. The minimum atomic E-state index is 0.0728. The van der Waals surface area contributed by atoms with E-state index in [4.69, 9.17) is 0 Å². The maximum atomic E-state index is 4.24. The lowest BCUT2D eigenvalue weighted by Crippen LogP contribution is -2.76. The zero-order valence-corrected chi connectivity index (χ0v) is 29.6. The van der Waals surface area contributed by atoms with Gasteiger partial charge in [0.05, 0.1) is 22.0 Å². The van der Waals surface area contributed by atoms with Gasteiger partial charge in [0, 0.05) is 34.4 Å². The summed E-state index contributed by atoms with van der Waals surface area (Å²) < 4.78 is 0. The Balaban J connectivity index is 1.25. The van der Waals surface area contributed by atoms with Crippen molar-refractivity contribution in [2.24, 2.45) is 0 Å². The smallest absolute Gasteiger partial charge is 0.245 e. The van der Waals surface area contributed by atoms with Crippen LogP contribution >= 0.6 is 11.8 Å². The summed E-state index contributed by atoms with van der Waals surface area (Å²) in [6, 6.07) is 64.8. The lowest BCUT2D eigenvalue weighted by Gasteiger charge is -2.45. The van der Waals surface area contributed by atoms with Crippen LogP contribution in [0.5, 0.6) is 0 Å². The van der Waals surface area contributed by atoms with Crippen molar-refractivity contribution in [2.45, 2.75) is 9.79 Å². The van der Waals surface area contributed by atoms with Crippen molar-refractivity contribution in [3.8, 4) is 11.1 Å². The van der Waals surface area contributed by atoms with E-state index in [1.54, 1.807) is 0 Å². The van der Waals surface area contributed by atoms with Gasteiger partial charge in [-0.2, -0.15) is 0 Å². The van der Waals surface area contributed by atoms with Crippen LogP contribution < -0.4 is 42.6 Å². The Bertz CT molecular complexity index is 2660. The maximum absolute atomic E-state index is 4.24. The minimum Gasteiger partial charge on any atom is -0.310 e. The van der Waals surface area contributed by atoms with E-state index in [2.05, 4.69) is 191 Å². The molecular weight excluding hydrogens is 660 g/mol. The summed E-state index contributed by atoms with van der Waals surface area (Å²) in [5.74, 6) is 0. The standard InChI is InChI=1S/C47H31B2N3S/c1-3-13-34(14-4-1)48-37-17-7-8-18-38(37)49-39-19-9-10-20-41(39)52(35-15-5-2-6-16-35)46-45(49)40(48)31-43-47(46)53-44-22-12-11-21-42(44)51(43)36-25-23-32(24-26-36)33-27-29-50-30-28-33/h1-31H. The Morgan fingerprint density at radius 2 is 1.02 bits per heavy atom. The van der Waals surface area contributed by atoms with E-state index in [1.165, 1.54) is 70.9 Å². The van der Waals surface area contributed by atoms with Crippen molar-refractivity contribution < 1.29 is 0 Å². The molecule has 0 spiro atoms. The SMILES string of the molecule is c1ccc(B2c3ccccc3B3c4ccccc4N(c4ccccc4)c4c5c(cc2c43)N(c2ccc(-c3ccncc3)cc2)c2ccccc2S5)cc1. The molecule has 0 N–H and O–H groups in total. The third-order valence-electron chi connectivity index (χ3n) is 11.1. The highest BCUT2D eigenvalue weighted by Crippen LogP contribution is 2.56. The first kappa shape index (κ1) is 30.4. The summed E-state index contributed by atoms with van der Waals surface area (Å²) in [6.45, 7) is 0.173. The second kappa shape index (κ2) is 12.2. The fraction of sp³-hybridized carbons (Fsp3) is 0. The van der Waals surface area contributed by atoms with Gasteiger partial charge in [-0.05, 0) is 82.7 Å². The highest BCUT2D eigenvalue weighted by atomic mass is 32.2. The zero-order chi connectivity index (χ0) is 34.9. The number of hydrogen-bond donors (Lipinski definition) is 0. The molecule has 0 unspecified atom stereocenters. The molecule has 0 fully saturated rings. The van der Waals surface area contributed by atoms with E-state index in [9.17, 15) is 0 Å². The summed E-state index contributed by atoms with van der Waals surface area (Å²) in [6.07, 6.45) is 3.72. The Morgan fingerprint density at radius 1 is 0.434 bits per heavy atom. The lowest BCUT2D eigenvalue weighted by molar-refractivity contribution is 1.15. The summed E-state index contributed by atoms with van der Waals surface area (Å²) in [5.41, 5.74) is 17.7. The maximum Gasteiger partial charge on any atom is 0.245 e. The van der Waals surface area contributed by atoms with Gasteiger partial charge in [-0.1, -0.05) is 149 Å². The monoisotopic (exact) mass is 691 g/mol. The van der Waals surface area contributed by atoms with Gasteiger partial charge in [-0.15, -0.1) is 0 Å². The predicted octanol–water partition coefficient (Wildman–Crippen LogP) is 7.81. The van der Waals surface area contributed by atoms with Crippen molar-refractivity contribution in [1.29, 1.82) is 0 Å². The number of anilines is 6. The largest absolute Gasteiger partial charge is 0.310 e. The van der Waals surface area contributed by atoms with Crippen LogP contribution in [0.1, 0.15) is 0 Å². The number of nitrogens with zero attached hydrogens (tertiary/aromatic N) is 3. The molecule has 6 heteroatoms. The van der Waals surface area contributed by atoms with E-state index < -0.39 is 0 Å². The summed E-state index contributed by atoms with van der Waals surface area (Å²) in [7, 11) is 0. The average Bonchev–Trinajstić information content (AvgIpc) is 3.23. The summed E-state index contributed by atoms with van der Waals surface area (Å²) in [5, 5.41) is 0. The molecule has 53 heavy (non-hydrogen) atoms. The molecular formula is C47H31B2N3S. The molecule has 246 valence electrons. The van der Waals surface area contributed by atoms with E-state index in [1.807, 2.05) is 24.2 Å². The first-order chi connectivity index (χ1) is 26.3. The highest BCUT2D eigenvalue weighted by molar-refractivity contribution is 8.00. The molecule has 3 aliphatic heterocycles. The van der Waals surface area contributed by atoms with Crippen LogP contribution in [-0.4, -0.2) is 18.4 Å². The molecule has 1 aromatic heterocycles. The fourth-order valence-corrected chi connectivity index (χ4v) is 10.1. The summed E-state index contributed by atoms with van der Waals surface area (Å²) >= 11 is 1.90. The topological polar surface area (TPSA) is 19.4 Å². The third kappa shape index (κ3) is 4.69. The van der Waals surface area contributed by atoms with Gasteiger partial charge >= 0.3 is 0 Å². The molecule has 0 aliphatic carbocycles. The van der Waals surface area contributed by atoms with Gasteiger partial charge in [0.2, 0.25) is 13.4 Å². The summed E-state index contributed by atoms with van der Waals surface area (Å²) in [4.78, 5) is 11.8. The van der Waals surface area contributed by atoms with Gasteiger partial charge < -0.3 is 9.80 Å². The van der Waals surface area contributed by atoms with Gasteiger partial charge in [-0.25, -0.2) is 0 Å². The Morgan fingerprint density at radius 3 is 1.77 bits per heavy atom. The third-order valence-corrected chi connectivity index (χ3v) is 12.3. The Hall–Kier alpha value is -6.23. The molecule has 0 bridgehead atoms. The van der Waals surface area contributed by atoms with Gasteiger partial charge in [-0.3, -0.25) is 4.98 Å². The fourth-order valence-electron chi connectivity index (χ4n) is 8.88. The average molecular weight is 691 g/mol. The van der Waals surface area contributed by atoms with Crippen molar-refractivity contribution in [3.63, 3.8) is 0 Å². The van der Waals surface area contributed by atoms with Crippen LogP contribution in [0, 0.1) is 0 Å². The van der Waals surface area contributed by atoms with Crippen LogP contribution in [0.25, 0.3) is 11.1 Å². The minimum absolute atomic E-state index is 0.0728. The zero-order valence-electron chi connectivity index (χ0n) is 28.8. The number of rotatable bonds is 4. The van der Waals surface area contributed by atoms with Crippen LogP contribution in [0.2, 0.25) is 0 Å². The quantitative estimate of drug-likeness (QED) is 0.176. The van der Waals surface area contributed by atoms with Crippen LogP contribution in [-0.2, 0) is 0 Å². The molecule has 0 amide bonds. The van der Waals surface area contributed by atoms with Crippen LogP contribution in [0.3, 0.4) is 0 Å². The predicted molar refractivity (Wildman–Crippen MR) is 225 cm³/mol. The molecule has 0 atom stereocenters. The number of benzene rings is 7. The van der Waals surface area contributed by atoms with Crippen molar-refractivity contribution in [1.82, 2.24) is 4.98 Å². The van der Waals surface area contributed by atoms with Crippen LogP contribution in [0.15, 0.2) is 198 Å². The lowest BCUT2D eigenvalue weighted by atomic mass is 9.20. The number of hydrogen-bond acceptors (Lipinski definition) is 4. The molecule has 11 rings (SSSR count). The number of para-hydroxylation sites is 3. The normalized spacial score (nSPS) is 13.4. The molecule has 4 heterocycles. The first-order valence-corrected chi connectivity index (χ1v) is 19.0. The van der Waals surface area contributed by atoms with E-state index in [0.29, 0.717) is 0 Å². The van der Waals surface area contributed by atoms with Crippen LogP contribution in [0.4, 0.5) is 34.1 Å². The van der Waals surface area contributed by atoms with E-state index >= 15 is 0 Å². The van der Waals surface area contributed by atoms with E-state index in [0.717, 1.165) is 16.9 Å². The molecule has 8 aromatic rings. The van der Waals surface area contributed by atoms with Gasteiger partial charge in [0.25, 0.3) is 0 Å². The van der Waals surface area contributed by atoms with Crippen molar-refractivity contribution in [3.05, 3.63) is 188 Å². The molecule has 3 aliphatic rings. The Kier molecular flexibility index (Phi) is 6.99. The van der Waals surface area contributed by atoms with Crippen molar-refractivity contribution >= 4 is 92.1 Å². The number of fused-ring (bicyclic) bond motifs is 7. The molecule has 3 nitrogen and oxygen atoms in total. The second-order valence-corrected chi connectivity index (χ2v) is 15.0. The number of aromatic nitrogens is 1. The molecule has 7 aromatic carbocycles. The van der Waals surface area contributed by atoms with Crippen molar-refractivity contribution in [2.75, 3.05) is 9.80 Å². The Labute approximate surface area is 314 Å². The van der Waals surface area contributed by atoms with E-state index in [-0.39, 0.29) is 13.4 Å². The van der Waals surface area contributed by atoms with Gasteiger partial charge in [0.1, 0.15) is 0 Å². The molecule has 0 radical (unpaired) electrons. The highest BCUT2D eigenvalue weighted by Gasteiger charge is 2.47. The second-order valence-electron chi connectivity index (χ2n) is 13.9. The first-order valence-electron chi connectivity index (χ1n) is 18.2.